The van der Waals surface area contributed by atoms with Crippen LogP contribution in [0.15, 0.2) is 54.2 Å². The molecule has 0 aliphatic carbocycles. The summed E-state index contributed by atoms with van der Waals surface area (Å²) < 4.78 is 5.43. The van der Waals surface area contributed by atoms with Gasteiger partial charge in [-0.2, -0.15) is 0 Å². The van der Waals surface area contributed by atoms with Crippen LogP contribution in [0.25, 0.3) is 5.57 Å². The molecular formula is C22H22ClN3O3. The highest BCUT2D eigenvalue weighted by Crippen LogP contribution is 2.36. The summed E-state index contributed by atoms with van der Waals surface area (Å²) in [6, 6.07) is 14.4. The van der Waals surface area contributed by atoms with Crippen LogP contribution >= 0.6 is 11.6 Å². The molecule has 4 rings (SSSR count). The molecule has 0 saturated carbocycles. The van der Waals surface area contributed by atoms with Crippen LogP contribution in [0.4, 0.5) is 11.4 Å². The Morgan fingerprint density at radius 3 is 2.31 bits per heavy atom. The fourth-order valence-electron chi connectivity index (χ4n) is 3.62. The molecule has 2 heterocycles. The molecule has 2 amide bonds. The van der Waals surface area contributed by atoms with E-state index in [9.17, 15) is 9.59 Å². The molecule has 2 aromatic rings. The van der Waals surface area contributed by atoms with Gasteiger partial charge in [0.1, 0.15) is 5.70 Å². The molecule has 0 atom stereocenters. The molecule has 1 saturated heterocycles. The topological polar surface area (TPSA) is 53.1 Å². The number of carbonyl (C=O) groups excluding carboxylic acids is 2. The Bertz CT molecular complexity index is 979. The molecule has 0 aromatic heterocycles. The van der Waals surface area contributed by atoms with Crippen LogP contribution in [0.3, 0.4) is 0 Å². The summed E-state index contributed by atoms with van der Waals surface area (Å²) in [6.45, 7) is 2.18. The zero-order chi connectivity index (χ0) is 20.5. The predicted molar refractivity (Wildman–Crippen MR) is 114 cm³/mol. The number of nitrogens with zero attached hydrogens (tertiary/aromatic N) is 3. The average Bonchev–Trinajstić information content (AvgIpc) is 2.99. The van der Waals surface area contributed by atoms with Crippen molar-refractivity contribution in [3.8, 4) is 0 Å². The monoisotopic (exact) mass is 411 g/mol. The zero-order valence-electron chi connectivity index (χ0n) is 16.4. The van der Waals surface area contributed by atoms with Crippen LogP contribution in [-0.2, 0) is 14.3 Å². The Balaban J connectivity index is 1.81. The lowest BCUT2D eigenvalue weighted by atomic mass is 10.0. The maximum Gasteiger partial charge on any atom is 0.282 e. The first kappa shape index (κ1) is 19.5. The highest BCUT2D eigenvalue weighted by atomic mass is 35.5. The van der Waals surface area contributed by atoms with E-state index in [1.165, 1.54) is 4.90 Å². The van der Waals surface area contributed by atoms with Gasteiger partial charge < -0.3 is 14.5 Å². The maximum absolute atomic E-state index is 13.5. The predicted octanol–water partition coefficient (Wildman–Crippen LogP) is 3.02. The van der Waals surface area contributed by atoms with E-state index in [0.717, 1.165) is 5.69 Å². The van der Waals surface area contributed by atoms with Crippen molar-refractivity contribution in [2.45, 2.75) is 0 Å². The van der Waals surface area contributed by atoms with Crippen molar-refractivity contribution in [1.82, 2.24) is 4.90 Å². The first-order valence-electron chi connectivity index (χ1n) is 9.46. The van der Waals surface area contributed by atoms with E-state index in [4.69, 9.17) is 16.3 Å². The number of rotatable bonds is 4. The van der Waals surface area contributed by atoms with E-state index in [1.54, 1.807) is 30.3 Å². The van der Waals surface area contributed by atoms with E-state index in [-0.39, 0.29) is 11.8 Å². The first-order chi connectivity index (χ1) is 14.0. The molecule has 2 aliphatic heterocycles. The van der Waals surface area contributed by atoms with Crippen LogP contribution in [0, 0.1) is 0 Å². The van der Waals surface area contributed by atoms with Gasteiger partial charge in [0.25, 0.3) is 11.8 Å². The molecule has 0 unspecified atom stereocenters. The first-order valence-corrected chi connectivity index (χ1v) is 9.84. The third-order valence-corrected chi connectivity index (χ3v) is 5.38. The maximum atomic E-state index is 13.5. The van der Waals surface area contributed by atoms with E-state index in [0.29, 0.717) is 53.8 Å². The molecule has 2 aromatic carbocycles. The van der Waals surface area contributed by atoms with Crippen molar-refractivity contribution in [3.05, 3.63) is 64.8 Å². The van der Waals surface area contributed by atoms with Gasteiger partial charge in [-0.15, -0.1) is 0 Å². The number of morpholine rings is 1. The minimum atomic E-state index is -0.324. The van der Waals surface area contributed by atoms with Gasteiger partial charge in [-0.05, 0) is 35.9 Å². The van der Waals surface area contributed by atoms with Crippen LogP contribution in [0.2, 0.25) is 5.02 Å². The minimum Gasteiger partial charge on any atom is -0.378 e. The van der Waals surface area contributed by atoms with Crippen LogP contribution < -0.4 is 9.80 Å². The number of amides is 2. The summed E-state index contributed by atoms with van der Waals surface area (Å²) in [5.74, 6) is -0.632. The molecular weight excluding hydrogens is 390 g/mol. The van der Waals surface area contributed by atoms with E-state index < -0.39 is 0 Å². The van der Waals surface area contributed by atoms with Crippen molar-refractivity contribution in [2.24, 2.45) is 0 Å². The molecule has 0 spiro atoms. The van der Waals surface area contributed by atoms with Crippen LogP contribution in [-0.4, -0.2) is 57.1 Å². The van der Waals surface area contributed by atoms with Gasteiger partial charge in [0.05, 0.1) is 24.5 Å². The molecule has 6 nitrogen and oxygen atoms in total. The second-order valence-corrected chi connectivity index (χ2v) is 7.63. The van der Waals surface area contributed by atoms with Crippen molar-refractivity contribution in [3.63, 3.8) is 0 Å². The van der Waals surface area contributed by atoms with E-state index in [2.05, 4.69) is 0 Å². The Kier molecular flexibility index (Phi) is 5.30. The number of hydrogen-bond acceptors (Lipinski definition) is 5. The lowest BCUT2D eigenvalue weighted by Gasteiger charge is -2.29. The third kappa shape index (κ3) is 3.61. The largest absolute Gasteiger partial charge is 0.378 e. The van der Waals surface area contributed by atoms with Gasteiger partial charge in [0.15, 0.2) is 0 Å². The highest BCUT2D eigenvalue weighted by molar-refractivity contribution is 6.45. The summed E-state index contributed by atoms with van der Waals surface area (Å²) >= 11 is 6.03. The third-order valence-electron chi connectivity index (χ3n) is 5.12. The van der Waals surface area contributed by atoms with Crippen molar-refractivity contribution < 1.29 is 14.3 Å². The number of ether oxygens (including phenoxy) is 1. The Hall–Kier alpha value is -2.83. The summed E-state index contributed by atoms with van der Waals surface area (Å²) in [5.41, 5.74) is 2.98. The molecule has 1 fully saturated rings. The smallest absolute Gasteiger partial charge is 0.282 e. The summed E-state index contributed by atoms with van der Waals surface area (Å²) in [6.07, 6.45) is 0. The van der Waals surface area contributed by atoms with Crippen molar-refractivity contribution in [2.75, 3.05) is 50.2 Å². The zero-order valence-corrected chi connectivity index (χ0v) is 17.1. The van der Waals surface area contributed by atoms with Gasteiger partial charge in [-0.25, -0.2) is 4.90 Å². The lowest BCUT2D eigenvalue weighted by molar-refractivity contribution is -0.121. The van der Waals surface area contributed by atoms with Crippen molar-refractivity contribution in [1.29, 1.82) is 0 Å². The van der Waals surface area contributed by atoms with E-state index in [1.807, 2.05) is 42.1 Å². The second kappa shape index (κ2) is 7.89. The quantitative estimate of drug-likeness (QED) is 0.724. The fraction of sp³-hybridized carbons (Fsp3) is 0.273. The van der Waals surface area contributed by atoms with Gasteiger partial charge in [-0.1, -0.05) is 29.8 Å². The molecule has 0 N–H and O–H groups in total. The molecule has 2 aliphatic rings. The Morgan fingerprint density at radius 2 is 1.66 bits per heavy atom. The highest BCUT2D eigenvalue weighted by Gasteiger charge is 2.42. The Morgan fingerprint density at radius 1 is 0.966 bits per heavy atom. The average molecular weight is 412 g/mol. The minimum absolute atomic E-state index is 0.308. The van der Waals surface area contributed by atoms with Gasteiger partial charge in [0.2, 0.25) is 0 Å². The summed E-state index contributed by atoms with van der Waals surface area (Å²) in [5, 5.41) is 0.578. The Labute approximate surface area is 174 Å². The molecule has 29 heavy (non-hydrogen) atoms. The summed E-state index contributed by atoms with van der Waals surface area (Å²) in [7, 11) is 3.84. The molecule has 150 valence electrons. The number of hydrogen-bond donors (Lipinski definition) is 0. The van der Waals surface area contributed by atoms with Gasteiger partial charge >= 0.3 is 0 Å². The normalized spacial score (nSPS) is 17.3. The van der Waals surface area contributed by atoms with Crippen molar-refractivity contribution >= 4 is 40.4 Å². The molecule has 7 heteroatoms. The SMILES string of the molecule is CN(C)c1cccc(N2C(=O)C(c3ccc(Cl)cc3)=C(N3CCOCC3)C2=O)c1. The number of imide groups is 1. The van der Waals surface area contributed by atoms with Crippen LogP contribution in [0.1, 0.15) is 5.56 Å². The molecule has 0 radical (unpaired) electrons. The van der Waals surface area contributed by atoms with Gasteiger partial charge in [-0.3, -0.25) is 9.59 Å². The number of benzene rings is 2. The lowest BCUT2D eigenvalue weighted by Crippen LogP contribution is -2.40. The van der Waals surface area contributed by atoms with Gasteiger partial charge in [0, 0.05) is 37.9 Å². The fourth-order valence-corrected chi connectivity index (χ4v) is 3.75. The summed E-state index contributed by atoms with van der Waals surface area (Å²) in [4.78, 5) is 32.1. The second-order valence-electron chi connectivity index (χ2n) is 7.19. The standard InChI is InChI=1S/C22H22ClN3O3/c1-24(2)17-4-3-5-18(14-17)26-21(27)19(15-6-8-16(23)9-7-15)20(22(26)28)25-10-12-29-13-11-25/h3-9,14H,10-13H2,1-2H3. The molecule has 0 bridgehead atoms. The number of halogens is 1. The number of carbonyl (C=O) groups is 2. The number of anilines is 2. The van der Waals surface area contributed by atoms with Crippen LogP contribution in [0.5, 0.6) is 0 Å². The van der Waals surface area contributed by atoms with E-state index >= 15 is 0 Å².